The lowest BCUT2D eigenvalue weighted by molar-refractivity contribution is 0.0585. The van der Waals surface area contributed by atoms with Crippen LogP contribution < -0.4 is 10.5 Å². The largest absolute Gasteiger partial charge is 0.485 e. The van der Waals surface area contributed by atoms with E-state index in [0.29, 0.717) is 18.0 Å². The Morgan fingerprint density at radius 3 is 2.84 bits per heavy atom. The Kier molecular flexibility index (Phi) is 3.73. The molecule has 0 spiro atoms. The minimum absolute atomic E-state index is 0.0814. The number of rotatable bonds is 4. The summed E-state index contributed by atoms with van der Waals surface area (Å²) in [4.78, 5) is 16.6. The van der Waals surface area contributed by atoms with Crippen LogP contribution in [0.5, 0.6) is 5.75 Å². The summed E-state index contributed by atoms with van der Waals surface area (Å²) >= 11 is 1.46. The molecule has 7 nitrogen and oxygen atoms in total. The number of nitrogens with two attached hydrogens (primary N) is 1. The second-order valence-corrected chi connectivity index (χ2v) is 6.23. The number of pyridine rings is 1. The minimum atomic E-state index is -0.562. The van der Waals surface area contributed by atoms with Crippen molar-refractivity contribution in [3.05, 3.63) is 53.0 Å². The lowest BCUT2D eigenvalue weighted by atomic mass is 10.2. The van der Waals surface area contributed by atoms with Gasteiger partial charge in [0.05, 0.1) is 11.8 Å². The second-order valence-electron chi connectivity index (χ2n) is 5.31. The van der Waals surface area contributed by atoms with E-state index in [9.17, 15) is 4.79 Å². The van der Waals surface area contributed by atoms with E-state index < -0.39 is 5.97 Å². The van der Waals surface area contributed by atoms with Crippen LogP contribution in [-0.4, -0.2) is 27.7 Å². The van der Waals surface area contributed by atoms with Crippen LogP contribution in [0.1, 0.15) is 16.1 Å². The zero-order valence-electron chi connectivity index (χ0n) is 13.3. The SMILES string of the molecule is COC(=O)c1c(OCc2ccccc2)c2sccc2c2nc(N)nn12. The summed E-state index contributed by atoms with van der Waals surface area (Å²) in [5, 5.41) is 6.87. The molecule has 1 aromatic carbocycles. The first-order valence-corrected chi connectivity index (χ1v) is 8.37. The zero-order valence-corrected chi connectivity index (χ0v) is 14.1. The van der Waals surface area contributed by atoms with E-state index in [1.165, 1.54) is 23.0 Å². The third-order valence-corrected chi connectivity index (χ3v) is 4.68. The lowest BCUT2D eigenvalue weighted by Crippen LogP contribution is -2.13. The highest BCUT2D eigenvalue weighted by Gasteiger charge is 2.25. The van der Waals surface area contributed by atoms with Gasteiger partial charge in [-0.05, 0) is 17.0 Å². The van der Waals surface area contributed by atoms with Crippen LogP contribution in [-0.2, 0) is 11.3 Å². The molecule has 25 heavy (non-hydrogen) atoms. The Morgan fingerprint density at radius 1 is 1.28 bits per heavy atom. The van der Waals surface area contributed by atoms with Crippen molar-refractivity contribution < 1.29 is 14.3 Å². The van der Waals surface area contributed by atoms with Gasteiger partial charge in [-0.25, -0.2) is 4.79 Å². The van der Waals surface area contributed by atoms with Gasteiger partial charge in [0, 0.05) is 5.39 Å². The fraction of sp³-hybridized carbons (Fsp3) is 0.118. The summed E-state index contributed by atoms with van der Waals surface area (Å²) in [5.74, 6) is -0.0655. The van der Waals surface area contributed by atoms with Gasteiger partial charge in [-0.1, -0.05) is 30.3 Å². The number of hydrogen-bond acceptors (Lipinski definition) is 7. The molecule has 4 aromatic rings. The molecule has 0 unspecified atom stereocenters. The van der Waals surface area contributed by atoms with Gasteiger partial charge in [0.2, 0.25) is 5.95 Å². The molecule has 0 atom stereocenters. The van der Waals surface area contributed by atoms with Gasteiger partial charge in [-0.2, -0.15) is 9.50 Å². The van der Waals surface area contributed by atoms with Crippen LogP contribution in [0.3, 0.4) is 0 Å². The predicted octanol–water partition coefficient (Wildman–Crippen LogP) is 2.89. The molecule has 0 aliphatic carbocycles. The molecule has 3 heterocycles. The standard InChI is InChI=1S/C17H14N4O3S/c1-23-16(22)12-13(24-9-10-5-3-2-4-6-10)14-11(7-8-25-14)15-19-17(18)20-21(12)15/h2-8H,9H2,1H3,(H2,18,20). The molecule has 8 heteroatoms. The molecule has 0 aliphatic rings. The van der Waals surface area contributed by atoms with Crippen molar-refractivity contribution in [2.75, 3.05) is 12.8 Å². The average molecular weight is 354 g/mol. The van der Waals surface area contributed by atoms with Crippen LogP contribution in [0, 0.1) is 0 Å². The quantitative estimate of drug-likeness (QED) is 0.567. The highest BCUT2D eigenvalue weighted by molar-refractivity contribution is 7.17. The van der Waals surface area contributed by atoms with Gasteiger partial charge in [0.25, 0.3) is 0 Å². The van der Waals surface area contributed by atoms with Crippen molar-refractivity contribution in [3.8, 4) is 5.75 Å². The monoisotopic (exact) mass is 354 g/mol. The summed E-state index contributed by atoms with van der Waals surface area (Å²) in [6, 6.07) is 11.6. The van der Waals surface area contributed by atoms with Gasteiger partial charge >= 0.3 is 5.97 Å². The maximum Gasteiger partial charge on any atom is 0.360 e. The van der Waals surface area contributed by atoms with Crippen molar-refractivity contribution in [3.63, 3.8) is 0 Å². The number of hydrogen-bond donors (Lipinski definition) is 1. The summed E-state index contributed by atoms with van der Waals surface area (Å²) in [5.41, 5.74) is 7.41. The summed E-state index contributed by atoms with van der Waals surface area (Å²) in [7, 11) is 1.31. The minimum Gasteiger partial charge on any atom is -0.485 e. The van der Waals surface area contributed by atoms with E-state index >= 15 is 0 Å². The zero-order chi connectivity index (χ0) is 17.4. The Balaban J connectivity index is 1.93. The molecule has 126 valence electrons. The van der Waals surface area contributed by atoms with Crippen LogP contribution in [0.25, 0.3) is 15.7 Å². The molecule has 0 fully saturated rings. The number of fused-ring (bicyclic) bond motifs is 3. The third kappa shape index (κ3) is 2.56. The number of methoxy groups -OCH3 is 1. The molecule has 0 radical (unpaired) electrons. The highest BCUT2D eigenvalue weighted by Crippen LogP contribution is 2.37. The predicted molar refractivity (Wildman–Crippen MR) is 94.9 cm³/mol. The summed E-state index contributed by atoms with van der Waals surface area (Å²) in [6.07, 6.45) is 0. The second kappa shape index (κ2) is 6.06. The Bertz CT molecular complexity index is 1070. The van der Waals surface area contributed by atoms with Crippen LogP contribution >= 0.6 is 11.3 Å². The molecule has 3 aromatic heterocycles. The number of aromatic nitrogens is 3. The molecule has 2 N–H and O–H groups in total. The first kappa shape index (κ1) is 15.4. The molecule has 0 saturated heterocycles. The van der Waals surface area contributed by atoms with Crippen molar-refractivity contribution >= 4 is 39.0 Å². The topological polar surface area (TPSA) is 91.7 Å². The summed E-state index contributed by atoms with van der Waals surface area (Å²) < 4.78 is 13.1. The lowest BCUT2D eigenvalue weighted by Gasteiger charge is -2.13. The van der Waals surface area contributed by atoms with Gasteiger partial charge < -0.3 is 15.2 Å². The van der Waals surface area contributed by atoms with Crippen LogP contribution in [0.15, 0.2) is 41.8 Å². The summed E-state index contributed by atoms with van der Waals surface area (Å²) in [6.45, 7) is 0.313. The maximum atomic E-state index is 12.4. The number of nitrogens with zero attached hydrogens (tertiary/aromatic N) is 3. The first-order chi connectivity index (χ1) is 12.2. The van der Waals surface area contributed by atoms with E-state index in [4.69, 9.17) is 15.2 Å². The van der Waals surface area contributed by atoms with Crippen molar-refractivity contribution in [1.82, 2.24) is 14.6 Å². The number of nitrogen functional groups attached to an aromatic ring is 1. The molecule has 4 rings (SSSR count). The Labute approximate surface area is 146 Å². The molecule has 0 bridgehead atoms. The fourth-order valence-corrected chi connectivity index (χ4v) is 3.55. The smallest absolute Gasteiger partial charge is 0.360 e. The molecule has 0 aliphatic heterocycles. The number of carbonyl (C=O) groups excluding carboxylic acids is 1. The van der Waals surface area contributed by atoms with Gasteiger partial charge in [-0.3, -0.25) is 0 Å². The van der Waals surface area contributed by atoms with E-state index in [-0.39, 0.29) is 11.6 Å². The molecular formula is C17H14N4O3S. The number of benzene rings is 1. The maximum absolute atomic E-state index is 12.4. The van der Waals surface area contributed by atoms with E-state index in [0.717, 1.165) is 15.6 Å². The van der Waals surface area contributed by atoms with Crippen LogP contribution in [0.2, 0.25) is 0 Å². The first-order valence-electron chi connectivity index (χ1n) is 7.49. The van der Waals surface area contributed by atoms with Crippen LogP contribution in [0.4, 0.5) is 5.95 Å². The van der Waals surface area contributed by atoms with Gasteiger partial charge in [0.1, 0.15) is 6.61 Å². The number of anilines is 1. The van der Waals surface area contributed by atoms with Crippen molar-refractivity contribution in [1.29, 1.82) is 0 Å². The number of ether oxygens (including phenoxy) is 2. The number of carbonyl (C=O) groups is 1. The van der Waals surface area contributed by atoms with E-state index in [2.05, 4.69) is 10.1 Å². The number of esters is 1. The molecular weight excluding hydrogens is 340 g/mol. The average Bonchev–Trinajstić information content (AvgIpc) is 3.25. The van der Waals surface area contributed by atoms with Crippen molar-refractivity contribution in [2.24, 2.45) is 0 Å². The van der Waals surface area contributed by atoms with Gasteiger partial charge in [0.15, 0.2) is 17.1 Å². The van der Waals surface area contributed by atoms with E-state index in [1.54, 1.807) is 0 Å². The van der Waals surface area contributed by atoms with Crippen molar-refractivity contribution in [2.45, 2.75) is 6.61 Å². The third-order valence-electron chi connectivity index (χ3n) is 3.77. The Morgan fingerprint density at radius 2 is 2.08 bits per heavy atom. The van der Waals surface area contributed by atoms with Gasteiger partial charge in [-0.15, -0.1) is 16.4 Å². The normalized spacial score (nSPS) is 11.1. The molecule has 0 amide bonds. The highest BCUT2D eigenvalue weighted by atomic mass is 32.1. The Hall–Kier alpha value is -3.13. The number of thiophene rings is 1. The van der Waals surface area contributed by atoms with E-state index in [1.807, 2.05) is 41.8 Å². The molecule has 0 saturated carbocycles. The fourth-order valence-electron chi connectivity index (χ4n) is 2.66.